The molecule has 1 N–H and O–H groups in total. The van der Waals surface area contributed by atoms with Crippen LogP contribution in [0.2, 0.25) is 0 Å². The van der Waals surface area contributed by atoms with Crippen molar-refractivity contribution in [3.05, 3.63) is 65.5 Å². The first-order valence-electron chi connectivity index (χ1n) is 5.86. The quantitative estimate of drug-likeness (QED) is 0.916. The lowest BCUT2D eigenvalue weighted by Gasteiger charge is -2.20. The van der Waals surface area contributed by atoms with Gasteiger partial charge < -0.3 is 10.0 Å². The van der Waals surface area contributed by atoms with Gasteiger partial charge in [0.05, 0.1) is 5.56 Å². The molecule has 2 rings (SSSR count). The van der Waals surface area contributed by atoms with Crippen molar-refractivity contribution in [3.63, 3.8) is 0 Å². The van der Waals surface area contributed by atoms with Crippen molar-refractivity contribution < 1.29 is 14.3 Å². The van der Waals surface area contributed by atoms with Gasteiger partial charge >= 0.3 is 5.97 Å². The predicted octanol–water partition coefficient (Wildman–Crippen LogP) is 3.16. The van der Waals surface area contributed by atoms with Crippen LogP contribution in [0.5, 0.6) is 0 Å². The Morgan fingerprint density at radius 3 is 2.53 bits per heavy atom. The summed E-state index contributed by atoms with van der Waals surface area (Å²) >= 11 is 0. The molecule has 2 aromatic rings. The number of aromatic carboxylic acids is 1. The van der Waals surface area contributed by atoms with Crippen LogP contribution < -0.4 is 4.90 Å². The number of rotatable bonds is 4. The molecule has 0 fully saturated rings. The van der Waals surface area contributed by atoms with Gasteiger partial charge in [0.2, 0.25) is 0 Å². The standard InChI is InChI=1S/C15H14FNO2/c1-17(13-5-3-2-4-6-13)10-11-9-12(16)7-8-14(11)15(18)19/h2-9H,10H2,1H3,(H,18,19). The van der Waals surface area contributed by atoms with Gasteiger partial charge in [-0.3, -0.25) is 0 Å². The Morgan fingerprint density at radius 1 is 1.21 bits per heavy atom. The van der Waals surface area contributed by atoms with Gasteiger partial charge in [-0.25, -0.2) is 9.18 Å². The molecule has 0 aliphatic heterocycles. The highest BCUT2D eigenvalue weighted by Crippen LogP contribution is 2.18. The molecule has 0 amide bonds. The minimum absolute atomic E-state index is 0.129. The van der Waals surface area contributed by atoms with Crippen molar-refractivity contribution in [2.45, 2.75) is 6.54 Å². The van der Waals surface area contributed by atoms with Crippen molar-refractivity contribution in [1.82, 2.24) is 0 Å². The zero-order valence-corrected chi connectivity index (χ0v) is 10.5. The van der Waals surface area contributed by atoms with Gasteiger partial charge in [-0.05, 0) is 35.9 Å². The first-order chi connectivity index (χ1) is 9.08. The molecular weight excluding hydrogens is 245 g/mol. The second kappa shape index (κ2) is 5.52. The maximum Gasteiger partial charge on any atom is 0.336 e. The zero-order chi connectivity index (χ0) is 13.8. The number of nitrogens with zero attached hydrogens (tertiary/aromatic N) is 1. The van der Waals surface area contributed by atoms with Gasteiger partial charge in [-0.15, -0.1) is 0 Å². The van der Waals surface area contributed by atoms with Crippen LogP contribution in [0.4, 0.5) is 10.1 Å². The Morgan fingerprint density at radius 2 is 1.89 bits per heavy atom. The Bertz CT molecular complexity index is 584. The largest absolute Gasteiger partial charge is 0.478 e. The van der Waals surface area contributed by atoms with E-state index in [2.05, 4.69) is 0 Å². The molecule has 0 saturated carbocycles. The summed E-state index contributed by atoms with van der Waals surface area (Å²) in [6, 6.07) is 13.3. The van der Waals surface area contributed by atoms with Crippen LogP contribution >= 0.6 is 0 Å². The fraction of sp³-hybridized carbons (Fsp3) is 0.133. The summed E-state index contributed by atoms with van der Waals surface area (Å²) in [4.78, 5) is 13.0. The predicted molar refractivity (Wildman–Crippen MR) is 71.9 cm³/mol. The summed E-state index contributed by atoms with van der Waals surface area (Å²) in [5, 5.41) is 9.10. The first-order valence-corrected chi connectivity index (χ1v) is 5.86. The molecule has 0 aliphatic rings. The summed E-state index contributed by atoms with van der Waals surface area (Å²) in [5.74, 6) is -1.47. The molecule has 0 unspecified atom stereocenters. The lowest BCUT2D eigenvalue weighted by Crippen LogP contribution is -2.18. The van der Waals surface area contributed by atoms with Gasteiger partial charge in [0.1, 0.15) is 5.82 Å². The van der Waals surface area contributed by atoms with E-state index in [9.17, 15) is 9.18 Å². The molecule has 0 heterocycles. The molecule has 3 nitrogen and oxygen atoms in total. The monoisotopic (exact) mass is 259 g/mol. The maximum absolute atomic E-state index is 13.3. The van der Waals surface area contributed by atoms with E-state index in [1.54, 1.807) is 0 Å². The van der Waals surface area contributed by atoms with Crippen molar-refractivity contribution >= 4 is 11.7 Å². The highest BCUT2D eigenvalue weighted by Gasteiger charge is 2.12. The summed E-state index contributed by atoms with van der Waals surface area (Å²) < 4.78 is 13.3. The third-order valence-electron chi connectivity index (χ3n) is 2.90. The van der Waals surface area contributed by atoms with E-state index in [0.717, 1.165) is 11.8 Å². The molecule has 0 saturated heterocycles. The average Bonchev–Trinajstić information content (AvgIpc) is 2.39. The number of benzene rings is 2. The van der Waals surface area contributed by atoms with Gasteiger partial charge in [0, 0.05) is 19.3 Å². The molecular formula is C15H14FNO2. The lowest BCUT2D eigenvalue weighted by molar-refractivity contribution is 0.0695. The number of carboxylic acid groups (broad SMARTS) is 1. The molecule has 2 aromatic carbocycles. The Balaban J connectivity index is 2.28. The number of para-hydroxylation sites is 1. The zero-order valence-electron chi connectivity index (χ0n) is 10.5. The second-order valence-corrected chi connectivity index (χ2v) is 4.30. The van der Waals surface area contributed by atoms with E-state index in [-0.39, 0.29) is 5.56 Å². The number of carbonyl (C=O) groups is 1. The third-order valence-corrected chi connectivity index (χ3v) is 2.90. The highest BCUT2D eigenvalue weighted by atomic mass is 19.1. The Hall–Kier alpha value is -2.36. The summed E-state index contributed by atoms with van der Waals surface area (Å²) in [7, 11) is 1.84. The van der Waals surface area contributed by atoms with Crippen LogP contribution in [0.3, 0.4) is 0 Å². The molecule has 0 aromatic heterocycles. The van der Waals surface area contributed by atoms with Gasteiger partial charge in [0.15, 0.2) is 0 Å². The second-order valence-electron chi connectivity index (χ2n) is 4.30. The summed E-state index contributed by atoms with van der Waals surface area (Å²) in [6.45, 7) is 0.337. The molecule has 0 bridgehead atoms. The summed E-state index contributed by atoms with van der Waals surface area (Å²) in [6.07, 6.45) is 0. The smallest absolute Gasteiger partial charge is 0.336 e. The Labute approximate surface area is 110 Å². The van der Waals surface area contributed by atoms with E-state index in [1.165, 1.54) is 12.1 Å². The van der Waals surface area contributed by atoms with Crippen molar-refractivity contribution in [3.8, 4) is 0 Å². The van der Waals surface area contributed by atoms with Crippen molar-refractivity contribution in [2.24, 2.45) is 0 Å². The highest BCUT2D eigenvalue weighted by molar-refractivity contribution is 5.89. The lowest BCUT2D eigenvalue weighted by atomic mass is 10.1. The van der Waals surface area contributed by atoms with Crippen LogP contribution in [0.15, 0.2) is 48.5 Å². The van der Waals surface area contributed by atoms with E-state index in [4.69, 9.17) is 5.11 Å². The minimum atomic E-state index is -1.04. The van der Waals surface area contributed by atoms with Crippen LogP contribution in [0, 0.1) is 5.82 Å². The molecule has 0 aliphatic carbocycles. The summed E-state index contributed by atoms with van der Waals surface area (Å²) in [5.41, 5.74) is 1.53. The maximum atomic E-state index is 13.3. The van der Waals surface area contributed by atoms with E-state index >= 15 is 0 Å². The fourth-order valence-electron chi connectivity index (χ4n) is 1.93. The van der Waals surface area contributed by atoms with Gasteiger partial charge in [-0.1, -0.05) is 18.2 Å². The van der Waals surface area contributed by atoms with Crippen LogP contribution in [0.25, 0.3) is 0 Å². The first kappa shape index (κ1) is 13.1. The van der Waals surface area contributed by atoms with Crippen LogP contribution in [-0.4, -0.2) is 18.1 Å². The van der Waals surface area contributed by atoms with Gasteiger partial charge in [0.25, 0.3) is 0 Å². The molecule has 0 atom stereocenters. The Kier molecular flexibility index (Phi) is 3.80. The normalized spacial score (nSPS) is 10.2. The van der Waals surface area contributed by atoms with Crippen molar-refractivity contribution in [1.29, 1.82) is 0 Å². The van der Waals surface area contributed by atoms with Crippen LogP contribution in [0.1, 0.15) is 15.9 Å². The van der Waals surface area contributed by atoms with Crippen LogP contribution in [-0.2, 0) is 6.54 Å². The number of hydrogen-bond acceptors (Lipinski definition) is 2. The number of carboxylic acids is 1. The van der Waals surface area contributed by atoms with E-state index < -0.39 is 11.8 Å². The molecule has 98 valence electrons. The number of hydrogen-bond donors (Lipinski definition) is 1. The number of halogens is 1. The third kappa shape index (κ3) is 3.10. The van der Waals surface area contributed by atoms with Gasteiger partial charge in [-0.2, -0.15) is 0 Å². The molecule has 19 heavy (non-hydrogen) atoms. The van der Waals surface area contributed by atoms with E-state index in [0.29, 0.717) is 12.1 Å². The average molecular weight is 259 g/mol. The SMILES string of the molecule is CN(Cc1cc(F)ccc1C(=O)O)c1ccccc1. The number of anilines is 1. The minimum Gasteiger partial charge on any atom is -0.478 e. The molecule has 4 heteroatoms. The fourth-order valence-corrected chi connectivity index (χ4v) is 1.93. The molecule has 0 spiro atoms. The van der Waals surface area contributed by atoms with E-state index in [1.807, 2.05) is 42.3 Å². The molecule has 0 radical (unpaired) electrons. The van der Waals surface area contributed by atoms with Crippen molar-refractivity contribution in [2.75, 3.05) is 11.9 Å². The topological polar surface area (TPSA) is 40.5 Å².